The molecule has 2 aromatic rings. The number of rotatable bonds is 9. The van der Waals surface area contributed by atoms with Gasteiger partial charge in [-0.05, 0) is 74.6 Å². The molecule has 0 spiro atoms. The molecule has 2 amide bonds. The van der Waals surface area contributed by atoms with Crippen LogP contribution in [0.1, 0.15) is 51.5 Å². The number of likely N-dealkylation sites (tertiary alicyclic amines) is 1. The molecule has 2 aromatic carbocycles. The van der Waals surface area contributed by atoms with Crippen LogP contribution in [0.3, 0.4) is 0 Å². The van der Waals surface area contributed by atoms with Gasteiger partial charge in [-0.2, -0.15) is 0 Å². The average Bonchev–Trinajstić information content (AvgIpc) is 3.62. The zero-order chi connectivity index (χ0) is 22.5. The summed E-state index contributed by atoms with van der Waals surface area (Å²) < 4.78 is 0. The number of piperidine rings is 1. The van der Waals surface area contributed by atoms with Gasteiger partial charge in [-0.3, -0.25) is 14.8 Å². The summed E-state index contributed by atoms with van der Waals surface area (Å²) in [5.41, 5.74) is 7.31. The summed E-state index contributed by atoms with van der Waals surface area (Å²) >= 11 is 0. The highest BCUT2D eigenvalue weighted by atomic mass is 16.5. The Bertz CT molecular complexity index is 911. The molecule has 4 rings (SSSR count). The van der Waals surface area contributed by atoms with Crippen LogP contribution < -0.4 is 11.1 Å². The minimum atomic E-state index is -0.545. The fraction of sp³-hybridized carbons (Fsp3) is 0.440. The molecule has 1 aliphatic carbocycles. The largest absolute Gasteiger partial charge is 0.366 e. The van der Waals surface area contributed by atoms with Gasteiger partial charge < -0.3 is 16.0 Å². The predicted octanol–water partition coefficient (Wildman–Crippen LogP) is 2.47. The third-order valence-electron chi connectivity index (χ3n) is 6.67. The minimum absolute atomic E-state index is 0.250. The molecule has 170 valence electrons. The van der Waals surface area contributed by atoms with Crippen LogP contribution in [0.5, 0.6) is 0 Å². The van der Waals surface area contributed by atoms with Crippen molar-refractivity contribution in [1.29, 1.82) is 0 Å². The van der Waals surface area contributed by atoms with Crippen LogP contribution in [0.25, 0.3) is 0 Å². The first-order valence-corrected chi connectivity index (χ1v) is 11.4. The Morgan fingerprint density at radius 1 is 1.03 bits per heavy atom. The van der Waals surface area contributed by atoms with Crippen molar-refractivity contribution < 1.29 is 14.8 Å². The van der Waals surface area contributed by atoms with Crippen molar-refractivity contribution in [3.05, 3.63) is 71.3 Å². The van der Waals surface area contributed by atoms with E-state index in [1.54, 1.807) is 0 Å². The number of carbonyl (C=O) groups excluding carboxylic acids is 2. The van der Waals surface area contributed by atoms with Crippen molar-refractivity contribution in [2.75, 3.05) is 32.7 Å². The first-order valence-electron chi connectivity index (χ1n) is 11.4. The SMILES string of the molecule is NC(=O)c1ccc(C(=O)N(O)CCN2CCC(CNC3CC3c3ccccc3)CC2)cc1. The predicted molar refractivity (Wildman–Crippen MR) is 123 cm³/mol. The maximum Gasteiger partial charge on any atom is 0.277 e. The van der Waals surface area contributed by atoms with E-state index in [2.05, 4.69) is 40.5 Å². The van der Waals surface area contributed by atoms with Crippen molar-refractivity contribution >= 4 is 11.8 Å². The fourth-order valence-corrected chi connectivity index (χ4v) is 4.49. The van der Waals surface area contributed by atoms with E-state index < -0.39 is 11.8 Å². The number of hydrogen-bond acceptors (Lipinski definition) is 5. The second kappa shape index (κ2) is 10.3. The third-order valence-corrected chi connectivity index (χ3v) is 6.67. The molecule has 7 heteroatoms. The number of nitrogens with two attached hydrogens (primary N) is 1. The molecule has 4 N–H and O–H groups in total. The van der Waals surface area contributed by atoms with Crippen LogP contribution in [-0.2, 0) is 0 Å². The molecular formula is C25H32N4O3. The van der Waals surface area contributed by atoms with Gasteiger partial charge in [0.2, 0.25) is 5.91 Å². The lowest BCUT2D eigenvalue weighted by atomic mass is 9.96. The lowest BCUT2D eigenvalue weighted by Crippen LogP contribution is -2.42. The van der Waals surface area contributed by atoms with Gasteiger partial charge >= 0.3 is 0 Å². The van der Waals surface area contributed by atoms with E-state index in [0.29, 0.717) is 35.5 Å². The smallest absolute Gasteiger partial charge is 0.277 e. The molecule has 0 bridgehead atoms. The van der Waals surface area contributed by atoms with E-state index in [1.807, 2.05) is 0 Å². The highest BCUT2D eigenvalue weighted by molar-refractivity contribution is 5.96. The van der Waals surface area contributed by atoms with Crippen LogP contribution >= 0.6 is 0 Å². The fourth-order valence-electron chi connectivity index (χ4n) is 4.49. The summed E-state index contributed by atoms with van der Waals surface area (Å²) in [5, 5.41) is 14.7. The van der Waals surface area contributed by atoms with Gasteiger partial charge in [0.05, 0.1) is 6.54 Å². The molecule has 1 saturated carbocycles. The Balaban J connectivity index is 1.13. The van der Waals surface area contributed by atoms with Crippen LogP contribution in [0.15, 0.2) is 54.6 Å². The number of hydrogen-bond donors (Lipinski definition) is 3. The highest BCUT2D eigenvalue weighted by Crippen LogP contribution is 2.40. The minimum Gasteiger partial charge on any atom is -0.366 e. The van der Waals surface area contributed by atoms with E-state index in [1.165, 1.54) is 36.2 Å². The molecule has 2 unspecified atom stereocenters. The molecule has 2 atom stereocenters. The monoisotopic (exact) mass is 436 g/mol. The van der Waals surface area contributed by atoms with Crippen LogP contribution in [0, 0.1) is 5.92 Å². The van der Waals surface area contributed by atoms with E-state index in [0.717, 1.165) is 37.5 Å². The van der Waals surface area contributed by atoms with Crippen LogP contribution in [-0.4, -0.2) is 65.8 Å². The molecule has 0 radical (unpaired) electrons. The highest BCUT2D eigenvalue weighted by Gasteiger charge is 2.38. The number of primary amides is 1. The van der Waals surface area contributed by atoms with E-state index in [4.69, 9.17) is 5.73 Å². The van der Waals surface area contributed by atoms with Crippen molar-refractivity contribution in [2.24, 2.45) is 11.7 Å². The van der Waals surface area contributed by atoms with Crippen molar-refractivity contribution in [1.82, 2.24) is 15.3 Å². The summed E-state index contributed by atoms with van der Waals surface area (Å²) in [6, 6.07) is 17.3. The maximum absolute atomic E-state index is 12.4. The summed E-state index contributed by atoms with van der Waals surface area (Å²) in [6.45, 7) is 3.91. The van der Waals surface area contributed by atoms with Crippen molar-refractivity contribution in [3.63, 3.8) is 0 Å². The number of amides is 2. The molecule has 32 heavy (non-hydrogen) atoms. The normalized spacial score (nSPS) is 21.3. The first kappa shape index (κ1) is 22.5. The van der Waals surface area contributed by atoms with Crippen molar-refractivity contribution in [2.45, 2.75) is 31.2 Å². The molecule has 1 saturated heterocycles. The lowest BCUT2D eigenvalue weighted by Gasteiger charge is -2.32. The summed E-state index contributed by atoms with van der Waals surface area (Å²) in [4.78, 5) is 25.8. The molecule has 0 aromatic heterocycles. The zero-order valence-electron chi connectivity index (χ0n) is 18.3. The van der Waals surface area contributed by atoms with Gasteiger partial charge in [-0.25, -0.2) is 5.06 Å². The van der Waals surface area contributed by atoms with Gasteiger partial charge in [0.15, 0.2) is 0 Å². The van der Waals surface area contributed by atoms with Crippen LogP contribution in [0.4, 0.5) is 0 Å². The number of nitrogens with one attached hydrogen (secondary N) is 1. The standard InChI is InChI=1S/C25H32N4O3/c26-24(30)20-6-8-21(9-7-20)25(31)29(32)15-14-28-12-10-18(11-13-28)17-27-23-16-22(23)19-4-2-1-3-5-19/h1-9,18,22-23,27,32H,10-17H2,(H2,26,30). The van der Waals surface area contributed by atoms with E-state index in [9.17, 15) is 14.8 Å². The van der Waals surface area contributed by atoms with Crippen molar-refractivity contribution in [3.8, 4) is 0 Å². The molecule has 2 fully saturated rings. The number of benzene rings is 2. The molecule has 7 nitrogen and oxygen atoms in total. The third kappa shape index (κ3) is 5.73. The summed E-state index contributed by atoms with van der Waals surface area (Å²) in [7, 11) is 0. The number of carbonyl (C=O) groups is 2. The second-order valence-electron chi connectivity index (χ2n) is 8.92. The molecule has 1 aliphatic heterocycles. The number of nitrogens with zero attached hydrogens (tertiary/aromatic N) is 2. The van der Waals surface area contributed by atoms with Gasteiger partial charge in [0.1, 0.15) is 0 Å². The summed E-state index contributed by atoms with van der Waals surface area (Å²) in [6.07, 6.45) is 3.49. The number of hydroxylamine groups is 2. The Hall–Kier alpha value is -2.74. The Kier molecular flexibility index (Phi) is 7.19. The van der Waals surface area contributed by atoms with Gasteiger partial charge in [-0.15, -0.1) is 0 Å². The topological polar surface area (TPSA) is 98.9 Å². The average molecular weight is 437 g/mol. The van der Waals surface area contributed by atoms with Crippen LogP contribution in [0.2, 0.25) is 0 Å². The summed E-state index contributed by atoms with van der Waals surface area (Å²) in [5.74, 6) is 0.323. The van der Waals surface area contributed by atoms with Gasteiger partial charge in [-0.1, -0.05) is 30.3 Å². The Morgan fingerprint density at radius 3 is 2.34 bits per heavy atom. The second-order valence-corrected chi connectivity index (χ2v) is 8.92. The Morgan fingerprint density at radius 2 is 1.69 bits per heavy atom. The molecule has 2 aliphatic rings. The molecular weight excluding hydrogens is 404 g/mol. The van der Waals surface area contributed by atoms with Gasteiger partial charge in [0.25, 0.3) is 5.91 Å². The van der Waals surface area contributed by atoms with E-state index in [-0.39, 0.29) is 6.54 Å². The van der Waals surface area contributed by atoms with E-state index >= 15 is 0 Å². The first-order chi connectivity index (χ1) is 15.5. The Labute approximate surface area is 189 Å². The lowest BCUT2D eigenvalue weighted by molar-refractivity contribution is -0.0630. The van der Waals surface area contributed by atoms with Gasteiger partial charge in [0, 0.05) is 29.6 Å². The zero-order valence-corrected chi connectivity index (χ0v) is 18.3. The molecule has 1 heterocycles. The maximum atomic E-state index is 12.4. The quantitative estimate of drug-likeness (QED) is 0.414.